The maximum Gasteiger partial charge on any atom is 0.238 e. The second-order valence-corrected chi connectivity index (χ2v) is 4.84. The van der Waals surface area contributed by atoms with E-state index in [4.69, 9.17) is 5.21 Å². The van der Waals surface area contributed by atoms with Crippen LogP contribution in [0.5, 0.6) is 0 Å². The predicted molar refractivity (Wildman–Crippen MR) is 82.0 cm³/mol. The maximum atomic E-state index is 11.8. The molecule has 0 heterocycles. The van der Waals surface area contributed by atoms with E-state index in [9.17, 15) is 15.3 Å². The Labute approximate surface area is 133 Å². The van der Waals surface area contributed by atoms with Crippen LogP contribution in [0.25, 0.3) is 0 Å². The number of nitriles is 1. The van der Waals surface area contributed by atoms with Crippen molar-refractivity contribution in [3.8, 4) is 6.07 Å². The van der Waals surface area contributed by atoms with Crippen molar-refractivity contribution >= 4 is 11.6 Å². The van der Waals surface area contributed by atoms with Gasteiger partial charge in [-0.15, -0.1) is 0 Å². The van der Waals surface area contributed by atoms with Crippen molar-refractivity contribution in [3.05, 3.63) is 70.9 Å². The van der Waals surface area contributed by atoms with E-state index in [-0.39, 0.29) is 18.0 Å². The van der Waals surface area contributed by atoms with Crippen molar-refractivity contribution in [2.24, 2.45) is 0 Å². The van der Waals surface area contributed by atoms with Crippen molar-refractivity contribution in [1.29, 1.82) is 5.26 Å². The second-order valence-electron chi connectivity index (χ2n) is 4.84. The highest BCUT2D eigenvalue weighted by molar-refractivity contribution is 5.78. The number of rotatable bonds is 6. The molecule has 0 aliphatic heterocycles. The Morgan fingerprint density at radius 1 is 1.22 bits per heavy atom. The fraction of sp³-hybridized carbons (Fsp3) is 0.125. The number of carbonyl (C=O) groups excluding carboxylic acids is 1. The summed E-state index contributed by atoms with van der Waals surface area (Å²) in [4.78, 5) is 11.8. The molecule has 118 valence electrons. The van der Waals surface area contributed by atoms with E-state index < -0.39 is 11.3 Å². The largest absolute Gasteiger partial charge is 0.595 e. The van der Waals surface area contributed by atoms with Crippen molar-refractivity contribution < 1.29 is 15.2 Å². The number of carbonyl (C=O) groups is 1. The topological polar surface area (TPSA) is 113 Å². The molecule has 4 N–H and O–H groups in total. The van der Waals surface area contributed by atoms with Crippen LogP contribution in [0.4, 0.5) is 5.69 Å². The molecule has 0 radical (unpaired) electrons. The monoisotopic (exact) mass is 312 g/mol. The summed E-state index contributed by atoms with van der Waals surface area (Å²) >= 11 is 0. The first-order chi connectivity index (χ1) is 11.1. The summed E-state index contributed by atoms with van der Waals surface area (Å²) < 4.78 is 0. The Morgan fingerprint density at radius 2 is 1.87 bits per heavy atom. The van der Waals surface area contributed by atoms with Crippen LogP contribution in [0.1, 0.15) is 17.2 Å². The molecule has 0 saturated heterocycles. The molecule has 0 spiro atoms. The van der Waals surface area contributed by atoms with Gasteiger partial charge in [0.15, 0.2) is 5.69 Å². The number of benzene rings is 2. The van der Waals surface area contributed by atoms with E-state index in [0.717, 1.165) is 5.56 Å². The average molecular weight is 312 g/mol. The molecule has 0 bridgehead atoms. The Balaban J connectivity index is 1.92. The average Bonchev–Trinajstić information content (AvgIpc) is 2.56. The molecule has 7 heteroatoms. The van der Waals surface area contributed by atoms with Gasteiger partial charge in [0.1, 0.15) is 6.04 Å². The molecular formula is C16H16N4O3. The number of hydrogen-bond acceptors (Lipinski definition) is 5. The lowest BCUT2D eigenvalue weighted by Crippen LogP contribution is -2.99. The molecule has 2 rings (SSSR count). The molecule has 23 heavy (non-hydrogen) atoms. The van der Waals surface area contributed by atoms with Crippen LogP contribution in [0, 0.1) is 16.5 Å². The molecule has 0 aliphatic rings. The normalized spacial score (nSPS) is 12.9. The highest BCUT2D eigenvalue weighted by Gasteiger charge is 2.12. The van der Waals surface area contributed by atoms with Gasteiger partial charge in [-0.2, -0.15) is 10.5 Å². The van der Waals surface area contributed by atoms with Crippen molar-refractivity contribution in [3.63, 3.8) is 0 Å². The lowest BCUT2D eigenvalue weighted by molar-refractivity contribution is -0.991. The van der Waals surface area contributed by atoms with Gasteiger partial charge in [-0.1, -0.05) is 42.5 Å². The minimum atomic E-state index is -1.03. The molecule has 0 aromatic heterocycles. The van der Waals surface area contributed by atoms with Crippen LogP contribution >= 0.6 is 0 Å². The number of amides is 1. The third-order valence-corrected chi connectivity index (χ3v) is 3.18. The number of hydrogen-bond donors (Lipinski definition) is 4. The summed E-state index contributed by atoms with van der Waals surface area (Å²) in [5.41, 5.74) is 6.71. The van der Waals surface area contributed by atoms with Gasteiger partial charge in [-0.25, -0.2) is 10.6 Å². The SMILES string of the molecule is N#CC(NNC(=O)Cc1ccccc1)c1ccc([NH+]([O-])O)cc1. The zero-order chi connectivity index (χ0) is 16.7. The molecule has 0 fully saturated rings. The van der Waals surface area contributed by atoms with E-state index in [1.807, 2.05) is 36.4 Å². The first-order valence-electron chi connectivity index (χ1n) is 6.91. The summed E-state index contributed by atoms with van der Waals surface area (Å²) in [7, 11) is 0. The molecule has 2 aromatic rings. The number of nitrogens with one attached hydrogen (secondary N) is 3. The molecule has 0 saturated carbocycles. The van der Waals surface area contributed by atoms with E-state index in [1.165, 1.54) is 24.3 Å². The number of quaternary nitrogens is 1. The van der Waals surface area contributed by atoms with Crippen molar-refractivity contribution in [1.82, 2.24) is 10.9 Å². The first kappa shape index (κ1) is 16.6. The Morgan fingerprint density at radius 3 is 2.43 bits per heavy atom. The van der Waals surface area contributed by atoms with Gasteiger partial charge >= 0.3 is 0 Å². The summed E-state index contributed by atoms with van der Waals surface area (Å²) in [5.74, 6) is -0.265. The van der Waals surface area contributed by atoms with Crippen LogP contribution in [0.15, 0.2) is 54.6 Å². The van der Waals surface area contributed by atoms with Crippen molar-refractivity contribution in [2.45, 2.75) is 12.5 Å². The van der Waals surface area contributed by atoms with Gasteiger partial charge in [0, 0.05) is 12.1 Å². The fourth-order valence-electron chi connectivity index (χ4n) is 1.99. The number of hydrazine groups is 1. The van der Waals surface area contributed by atoms with Gasteiger partial charge in [0.25, 0.3) is 0 Å². The zero-order valence-electron chi connectivity index (χ0n) is 12.2. The lowest BCUT2D eigenvalue weighted by atomic mass is 10.1. The Kier molecular flexibility index (Phi) is 5.80. The van der Waals surface area contributed by atoms with Crippen LogP contribution in [-0.2, 0) is 11.2 Å². The molecule has 7 nitrogen and oxygen atoms in total. The minimum absolute atomic E-state index is 0.138. The second kappa shape index (κ2) is 8.03. The molecule has 2 atom stereocenters. The summed E-state index contributed by atoms with van der Waals surface area (Å²) in [6.07, 6.45) is 0.198. The van der Waals surface area contributed by atoms with Crippen LogP contribution in [0.3, 0.4) is 0 Å². The van der Waals surface area contributed by atoms with Gasteiger partial charge in [0.2, 0.25) is 5.91 Å². The summed E-state index contributed by atoms with van der Waals surface area (Å²) in [6.45, 7) is 0. The molecule has 0 aliphatic carbocycles. The standard InChI is InChI=1S/C16H16N4O3/c17-11-15(13-6-8-14(9-7-13)20(22)23)18-19-16(21)10-12-4-2-1-3-5-12/h1-9,15,18,20,22H,10H2,(H,19,21). The zero-order valence-corrected chi connectivity index (χ0v) is 12.2. The third kappa shape index (κ3) is 4.88. The summed E-state index contributed by atoms with van der Waals surface area (Å²) in [5, 5.41) is 27.8. The first-order valence-corrected chi connectivity index (χ1v) is 6.91. The minimum Gasteiger partial charge on any atom is -0.595 e. The maximum absolute atomic E-state index is 11.8. The highest BCUT2D eigenvalue weighted by Crippen LogP contribution is 2.13. The molecule has 2 aromatic carbocycles. The Bertz CT molecular complexity index is 681. The van der Waals surface area contributed by atoms with E-state index in [2.05, 4.69) is 10.9 Å². The Hall–Kier alpha value is -2.76. The highest BCUT2D eigenvalue weighted by atomic mass is 16.8. The predicted octanol–water partition coefficient (Wildman–Crippen LogP) is 0.518. The summed E-state index contributed by atoms with van der Waals surface area (Å²) in [6, 6.07) is 16.4. The van der Waals surface area contributed by atoms with Crippen molar-refractivity contribution in [2.75, 3.05) is 0 Å². The fourth-order valence-corrected chi connectivity index (χ4v) is 1.99. The van der Waals surface area contributed by atoms with E-state index in [1.54, 1.807) is 0 Å². The van der Waals surface area contributed by atoms with Crippen LogP contribution in [-0.4, -0.2) is 11.1 Å². The number of nitrogens with zero attached hydrogens (tertiary/aromatic N) is 1. The lowest BCUT2D eigenvalue weighted by Gasteiger charge is -2.15. The molecular weight excluding hydrogens is 296 g/mol. The smallest absolute Gasteiger partial charge is 0.238 e. The van der Waals surface area contributed by atoms with Gasteiger partial charge in [-0.3, -0.25) is 10.2 Å². The van der Waals surface area contributed by atoms with E-state index in [0.29, 0.717) is 5.56 Å². The van der Waals surface area contributed by atoms with E-state index >= 15 is 0 Å². The molecule has 1 amide bonds. The quantitative estimate of drug-likeness (QED) is 0.581. The van der Waals surface area contributed by atoms with Gasteiger partial charge in [0.05, 0.1) is 12.5 Å². The molecule has 2 unspecified atom stereocenters. The van der Waals surface area contributed by atoms with Crippen LogP contribution in [0.2, 0.25) is 0 Å². The van der Waals surface area contributed by atoms with Gasteiger partial charge in [-0.05, 0) is 11.1 Å². The van der Waals surface area contributed by atoms with Crippen LogP contribution < -0.4 is 16.1 Å². The third-order valence-electron chi connectivity index (χ3n) is 3.18. The van der Waals surface area contributed by atoms with Gasteiger partial charge < -0.3 is 5.21 Å².